The van der Waals surface area contributed by atoms with E-state index < -0.39 is 4.92 Å². The lowest BCUT2D eigenvalue weighted by Gasteiger charge is -2.29. The maximum absolute atomic E-state index is 12.4. The Morgan fingerprint density at radius 2 is 2.14 bits per heavy atom. The van der Waals surface area contributed by atoms with Crippen LogP contribution in [0.4, 0.5) is 5.69 Å². The maximum atomic E-state index is 12.4. The molecular formula is C15H21N3O3. The van der Waals surface area contributed by atoms with Crippen molar-refractivity contribution < 1.29 is 9.72 Å². The summed E-state index contributed by atoms with van der Waals surface area (Å²) >= 11 is 0. The third-order valence-corrected chi connectivity index (χ3v) is 4.34. The molecule has 0 radical (unpaired) electrons. The molecule has 2 rings (SSSR count). The molecule has 1 fully saturated rings. The van der Waals surface area contributed by atoms with Crippen molar-refractivity contribution in [1.82, 2.24) is 4.90 Å². The number of amides is 1. The molecular weight excluding hydrogens is 270 g/mol. The van der Waals surface area contributed by atoms with E-state index in [1.807, 2.05) is 0 Å². The van der Waals surface area contributed by atoms with Crippen LogP contribution in [-0.2, 0) is 11.2 Å². The Hall–Kier alpha value is -1.95. The minimum absolute atomic E-state index is 0.000969. The normalized spacial score (nSPS) is 21.2. The van der Waals surface area contributed by atoms with Crippen LogP contribution in [0.2, 0.25) is 0 Å². The van der Waals surface area contributed by atoms with Crippen molar-refractivity contribution in [3.05, 3.63) is 39.9 Å². The molecule has 1 amide bonds. The fourth-order valence-electron chi connectivity index (χ4n) is 3.11. The molecule has 114 valence electrons. The second-order valence-corrected chi connectivity index (χ2v) is 5.56. The Bertz CT molecular complexity index is 533. The molecule has 0 saturated heterocycles. The Morgan fingerprint density at radius 3 is 2.81 bits per heavy atom. The Kier molecular flexibility index (Phi) is 4.90. The fourth-order valence-corrected chi connectivity index (χ4v) is 3.11. The molecule has 0 bridgehead atoms. The summed E-state index contributed by atoms with van der Waals surface area (Å²) in [7, 11) is 1.77. The second kappa shape index (κ2) is 6.67. The van der Waals surface area contributed by atoms with Crippen molar-refractivity contribution in [2.24, 2.45) is 11.7 Å². The van der Waals surface area contributed by atoms with Crippen LogP contribution in [0.25, 0.3) is 0 Å². The monoisotopic (exact) mass is 291 g/mol. The van der Waals surface area contributed by atoms with Gasteiger partial charge in [-0.25, -0.2) is 0 Å². The maximum Gasteiger partial charge on any atom is 0.273 e. The van der Waals surface area contributed by atoms with Gasteiger partial charge in [0.1, 0.15) is 0 Å². The SMILES string of the molecule is CN(C(=O)Cc1ccccc1[N+](=O)[O-])C1CCCC1CN. The third-order valence-electron chi connectivity index (χ3n) is 4.34. The predicted molar refractivity (Wildman–Crippen MR) is 79.8 cm³/mol. The van der Waals surface area contributed by atoms with Crippen molar-refractivity contribution in [2.45, 2.75) is 31.7 Å². The van der Waals surface area contributed by atoms with E-state index in [0.717, 1.165) is 19.3 Å². The molecule has 1 aliphatic carbocycles. The number of nitrogens with zero attached hydrogens (tertiary/aromatic N) is 2. The molecule has 0 aliphatic heterocycles. The van der Waals surface area contributed by atoms with Gasteiger partial charge in [0.15, 0.2) is 0 Å². The minimum Gasteiger partial charge on any atom is -0.342 e. The van der Waals surface area contributed by atoms with Crippen LogP contribution in [-0.4, -0.2) is 35.4 Å². The molecule has 1 saturated carbocycles. The summed E-state index contributed by atoms with van der Waals surface area (Å²) < 4.78 is 0. The van der Waals surface area contributed by atoms with E-state index in [1.165, 1.54) is 6.07 Å². The van der Waals surface area contributed by atoms with Gasteiger partial charge in [0.2, 0.25) is 5.91 Å². The van der Waals surface area contributed by atoms with Crippen LogP contribution in [0.15, 0.2) is 24.3 Å². The largest absolute Gasteiger partial charge is 0.342 e. The molecule has 2 unspecified atom stereocenters. The zero-order chi connectivity index (χ0) is 15.4. The van der Waals surface area contributed by atoms with Crippen LogP contribution in [0.3, 0.4) is 0 Å². The van der Waals surface area contributed by atoms with Crippen LogP contribution in [0.5, 0.6) is 0 Å². The number of nitrogens with two attached hydrogens (primary N) is 1. The van der Waals surface area contributed by atoms with E-state index in [0.29, 0.717) is 18.0 Å². The molecule has 1 aromatic carbocycles. The third kappa shape index (κ3) is 3.39. The summed E-state index contributed by atoms with van der Waals surface area (Å²) in [4.78, 5) is 24.7. The van der Waals surface area contributed by atoms with Gasteiger partial charge in [0.25, 0.3) is 5.69 Å². The Morgan fingerprint density at radius 1 is 1.43 bits per heavy atom. The first-order valence-corrected chi connectivity index (χ1v) is 7.22. The van der Waals surface area contributed by atoms with Gasteiger partial charge in [0.05, 0.1) is 11.3 Å². The summed E-state index contributed by atoms with van der Waals surface area (Å²) in [5.41, 5.74) is 6.21. The molecule has 0 aromatic heterocycles. The quantitative estimate of drug-likeness (QED) is 0.660. The molecule has 1 aromatic rings. The zero-order valence-electron chi connectivity index (χ0n) is 12.2. The number of hydrogen-bond acceptors (Lipinski definition) is 4. The molecule has 21 heavy (non-hydrogen) atoms. The highest BCUT2D eigenvalue weighted by molar-refractivity contribution is 5.80. The predicted octanol–water partition coefficient (Wildman–Crippen LogP) is 1.72. The second-order valence-electron chi connectivity index (χ2n) is 5.56. The molecule has 0 spiro atoms. The zero-order valence-corrected chi connectivity index (χ0v) is 12.2. The number of nitro groups is 1. The van der Waals surface area contributed by atoms with Crippen LogP contribution < -0.4 is 5.73 Å². The lowest BCUT2D eigenvalue weighted by molar-refractivity contribution is -0.385. The lowest BCUT2D eigenvalue weighted by Crippen LogP contribution is -2.42. The van der Waals surface area contributed by atoms with Gasteiger partial charge in [-0.1, -0.05) is 24.6 Å². The van der Waals surface area contributed by atoms with E-state index in [2.05, 4.69) is 0 Å². The standard InChI is InChI=1S/C15H21N3O3/c1-17(13-8-4-6-12(13)10-16)15(19)9-11-5-2-3-7-14(11)18(20)21/h2-3,5,7,12-13H,4,6,8-10,16H2,1H3. The van der Waals surface area contributed by atoms with E-state index in [9.17, 15) is 14.9 Å². The number of nitro benzene ring substituents is 1. The fraction of sp³-hybridized carbons (Fsp3) is 0.533. The highest BCUT2D eigenvalue weighted by Crippen LogP contribution is 2.29. The van der Waals surface area contributed by atoms with Crippen molar-refractivity contribution in [3.8, 4) is 0 Å². The van der Waals surface area contributed by atoms with Crippen molar-refractivity contribution in [3.63, 3.8) is 0 Å². The van der Waals surface area contributed by atoms with Crippen LogP contribution >= 0.6 is 0 Å². The molecule has 6 nitrogen and oxygen atoms in total. The lowest BCUT2D eigenvalue weighted by atomic mass is 10.0. The number of likely N-dealkylation sites (N-methyl/N-ethyl adjacent to an activating group) is 1. The molecule has 2 atom stereocenters. The van der Waals surface area contributed by atoms with E-state index >= 15 is 0 Å². The van der Waals surface area contributed by atoms with Gasteiger partial charge in [-0.2, -0.15) is 0 Å². The van der Waals surface area contributed by atoms with Crippen molar-refractivity contribution in [2.75, 3.05) is 13.6 Å². The number of benzene rings is 1. The van der Waals surface area contributed by atoms with Gasteiger partial charge in [0, 0.05) is 24.7 Å². The topological polar surface area (TPSA) is 89.5 Å². The van der Waals surface area contributed by atoms with Crippen molar-refractivity contribution in [1.29, 1.82) is 0 Å². The van der Waals surface area contributed by atoms with Crippen LogP contribution in [0, 0.1) is 16.0 Å². The highest BCUT2D eigenvalue weighted by Gasteiger charge is 2.32. The highest BCUT2D eigenvalue weighted by atomic mass is 16.6. The van der Waals surface area contributed by atoms with Gasteiger partial charge in [-0.05, 0) is 25.3 Å². The van der Waals surface area contributed by atoms with Gasteiger partial charge < -0.3 is 10.6 Å². The summed E-state index contributed by atoms with van der Waals surface area (Å²) in [6.07, 6.45) is 3.14. The number of para-hydroxylation sites is 1. The Balaban J connectivity index is 2.09. The Labute approximate surface area is 124 Å². The molecule has 6 heteroatoms. The van der Waals surface area contributed by atoms with Gasteiger partial charge in [-0.15, -0.1) is 0 Å². The minimum atomic E-state index is -0.444. The van der Waals surface area contributed by atoms with E-state index in [-0.39, 0.29) is 24.1 Å². The smallest absolute Gasteiger partial charge is 0.273 e. The van der Waals surface area contributed by atoms with Gasteiger partial charge >= 0.3 is 0 Å². The summed E-state index contributed by atoms with van der Waals surface area (Å²) in [5.74, 6) is 0.249. The number of carbonyl (C=O) groups excluding carboxylic acids is 1. The molecule has 2 N–H and O–H groups in total. The average molecular weight is 291 g/mol. The summed E-state index contributed by atoms with van der Waals surface area (Å²) in [6.45, 7) is 0.577. The number of carbonyl (C=O) groups is 1. The summed E-state index contributed by atoms with van der Waals surface area (Å²) in [6, 6.07) is 6.55. The van der Waals surface area contributed by atoms with E-state index in [1.54, 1.807) is 30.1 Å². The summed E-state index contributed by atoms with van der Waals surface area (Å²) in [5, 5.41) is 11.0. The van der Waals surface area contributed by atoms with Crippen molar-refractivity contribution >= 4 is 11.6 Å². The van der Waals surface area contributed by atoms with Gasteiger partial charge in [-0.3, -0.25) is 14.9 Å². The molecule has 0 heterocycles. The number of rotatable bonds is 5. The van der Waals surface area contributed by atoms with E-state index in [4.69, 9.17) is 5.73 Å². The first-order valence-electron chi connectivity index (χ1n) is 7.22. The van der Waals surface area contributed by atoms with Crippen LogP contribution in [0.1, 0.15) is 24.8 Å². The first-order chi connectivity index (χ1) is 10.0. The average Bonchev–Trinajstić information content (AvgIpc) is 2.95. The first kappa shape index (κ1) is 15.4. The molecule has 1 aliphatic rings. The number of hydrogen-bond donors (Lipinski definition) is 1.